The average molecular weight is 298 g/mol. The zero-order chi connectivity index (χ0) is 15.6. The summed E-state index contributed by atoms with van der Waals surface area (Å²) in [6.45, 7) is 2.34. The molecule has 1 aliphatic heterocycles. The molecule has 1 aromatic carbocycles. The monoisotopic (exact) mass is 298 g/mol. The van der Waals surface area contributed by atoms with Crippen molar-refractivity contribution >= 4 is 5.69 Å². The number of aliphatic hydroxyl groups is 1. The molecule has 0 unspecified atom stereocenters. The summed E-state index contributed by atoms with van der Waals surface area (Å²) in [5, 5.41) is 18.3. The molecule has 114 valence electrons. The molecule has 0 aliphatic carbocycles. The Morgan fingerprint density at radius 3 is 2.76 bits per heavy atom. The Bertz CT molecular complexity index is 549. The van der Waals surface area contributed by atoms with Gasteiger partial charge >= 0.3 is 6.18 Å². The predicted octanol–water partition coefficient (Wildman–Crippen LogP) is 3.32. The third kappa shape index (κ3) is 3.48. The first kappa shape index (κ1) is 15.6. The number of nitriles is 1. The summed E-state index contributed by atoms with van der Waals surface area (Å²) in [5.41, 5.74) is -0.799. The van der Waals surface area contributed by atoms with Crippen LogP contribution in [0.25, 0.3) is 0 Å². The van der Waals surface area contributed by atoms with E-state index < -0.39 is 17.8 Å². The van der Waals surface area contributed by atoms with Gasteiger partial charge in [-0.2, -0.15) is 18.4 Å². The Labute approximate surface area is 121 Å². The maximum Gasteiger partial charge on any atom is 0.417 e. The number of hydrogen-bond acceptors (Lipinski definition) is 3. The van der Waals surface area contributed by atoms with Crippen LogP contribution in [-0.4, -0.2) is 23.8 Å². The van der Waals surface area contributed by atoms with Crippen LogP contribution in [0, 0.1) is 11.3 Å². The number of nitrogens with zero attached hydrogens (tertiary/aromatic N) is 2. The van der Waals surface area contributed by atoms with E-state index in [0.717, 1.165) is 18.9 Å². The first-order valence-corrected chi connectivity index (χ1v) is 6.89. The largest absolute Gasteiger partial charge is 0.417 e. The molecule has 3 nitrogen and oxygen atoms in total. The Morgan fingerprint density at radius 2 is 2.19 bits per heavy atom. The summed E-state index contributed by atoms with van der Waals surface area (Å²) in [6, 6.07) is 5.43. The molecule has 1 fully saturated rings. The smallest absolute Gasteiger partial charge is 0.393 e. The molecule has 21 heavy (non-hydrogen) atoms. The Morgan fingerprint density at radius 1 is 1.48 bits per heavy atom. The van der Waals surface area contributed by atoms with Crippen LogP contribution in [0.1, 0.15) is 37.3 Å². The molecule has 0 bridgehead atoms. The van der Waals surface area contributed by atoms with Gasteiger partial charge in [0.25, 0.3) is 0 Å². The van der Waals surface area contributed by atoms with Gasteiger partial charge < -0.3 is 10.0 Å². The van der Waals surface area contributed by atoms with E-state index in [1.54, 1.807) is 19.1 Å². The van der Waals surface area contributed by atoms with Crippen molar-refractivity contribution in [3.05, 3.63) is 29.3 Å². The molecule has 0 aromatic heterocycles. The molecule has 0 amide bonds. The number of anilines is 1. The fourth-order valence-electron chi connectivity index (χ4n) is 2.86. The molecule has 1 heterocycles. The number of halogens is 3. The molecule has 6 heteroatoms. The zero-order valence-electron chi connectivity index (χ0n) is 11.7. The molecule has 1 aromatic rings. The zero-order valence-corrected chi connectivity index (χ0v) is 11.7. The summed E-state index contributed by atoms with van der Waals surface area (Å²) in [6.07, 6.45) is -2.76. The summed E-state index contributed by atoms with van der Waals surface area (Å²) < 4.78 is 39.0. The van der Waals surface area contributed by atoms with Gasteiger partial charge in [-0.05, 0) is 44.4 Å². The third-order valence-corrected chi connectivity index (χ3v) is 3.75. The van der Waals surface area contributed by atoms with Crippen LogP contribution in [0.2, 0.25) is 0 Å². The number of hydrogen-bond donors (Lipinski definition) is 1. The molecular formula is C15H17F3N2O. The summed E-state index contributed by atoms with van der Waals surface area (Å²) >= 11 is 0. The van der Waals surface area contributed by atoms with Crippen molar-refractivity contribution in [2.75, 3.05) is 11.4 Å². The van der Waals surface area contributed by atoms with Gasteiger partial charge in [0, 0.05) is 18.3 Å². The van der Waals surface area contributed by atoms with Gasteiger partial charge in [0.15, 0.2) is 0 Å². The second-order valence-electron chi connectivity index (χ2n) is 5.41. The van der Waals surface area contributed by atoms with Crippen LogP contribution >= 0.6 is 0 Å². The average Bonchev–Trinajstić information content (AvgIpc) is 2.84. The lowest BCUT2D eigenvalue weighted by Crippen LogP contribution is -2.32. The number of rotatable bonds is 3. The van der Waals surface area contributed by atoms with Gasteiger partial charge in [-0.1, -0.05) is 0 Å². The van der Waals surface area contributed by atoms with Crippen molar-refractivity contribution in [1.29, 1.82) is 5.26 Å². The molecule has 2 rings (SSSR count). The van der Waals surface area contributed by atoms with E-state index >= 15 is 0 Å². The highest BCUT2D eigenvalue weighted by atomic mass is 19.4. The first-order chi connectivity index (χ1) is 9.82. The maximum atomic E-state index is 13.0. The molecule has 0 spiro atoms. The fraction of sp³-hybridized carbons (Fsp3) is 0.533. The van der Waals surface area contributed by atoms with Crippen molar-refractivity contribution in [3.63, 3.8) is 0 Å². The molecule has 0 radical (unpaired) electrons. The highest BCUT2D eigenvalue weighted by molar-refractivity contribution is 5.56. The standard InChI is InChI=1S/C15H17F3N2O/c1-10(21)7-12-3-2-6-20(12)13-5-4-11(9-19)14(8-13)15(16,17)18/h4-5,8,10,12,21H,2-3,6-7H2,1H3/t10-,12-/m0/s1. The van der Waals surface area contributed by atoms with Gasteiger partial charge in [-0.15, -0.1) is 0 Å². The van der Waals surface area contributed by atoms with Crippen molar-refractivity contribution in [2.45, 2.75) is 44.5 Å². The van der Waals surface area contributed by atoms with Crippen molar-refractivity contribution < 1.29 is 18.3 Å². The van der Waals surface area contributed by atoms with E-state index in [1.165, 1.54) is 6.07 Å². The van der Waals surface area contributed by atoms with Gasteiger partial charge in [0.2, 0.25) is 0 Å². The molecule has 2 atom stereocenters. The summed E-state index contributed by atoms with van der Waals surface area (Å²) in [7, 11) is 0. The van der Waals surface area contributed by atoms with Crippen molar-refractivity contribution in [3.8, 4) is 6.07 Å². The third-order valence-electron chi connectivity index (χ3n) is 3.75. The highest BCUT2D eigenvalue weighted by Gasteiger charge is 2.35. The van der Waals surface area contributed by atoms with Gasteiger partial charge in [-0.3, -0.25) is 0 Å². The quantitative estimate of drug-likeness (QED) is 0.931. The SMILES string of the molecule is C[C@H](O)C[C@@H]1CCCN1c1ccc(C#N)c(C(F)(F)F)c1. The van der Waals surface area contributed by atoms with Crippen molar-refractivity contribution in [2.24, 2.45) is 0 Å². The maximum absolute atomic E-state index is 13.0. The van der Waals surface area contributed by atoms with Crippen LogP contribution in [0.15, 0.2) is 18.2 Å². The Kier molecular flexibility index (Phi) is 4.43. The summed E-state index contributed by atoms with van der Waals surface area (Å²) in [5.74, 6) is 0. The Hall–Kier alpha value is -1.74. The minimum atomic E-state index is -4.54. The van der Waals surface area contributed by atoms with Crippen LogP contribution in [0.3, 0.4) is 0 Å². The number of alkyl halides is 3. The number of aliphatic hydroxyl groups excluding tert-OH is 1. The predicted molar refractivity (Wildman–Crippen MR) is 72.8 cm³/mol. The fourth-order valence-corrected chi connectivity index (χ4v) is 2.86. The van der Waals surface area contributed by atoms with Gasteiger partial charge in [0.05, 0.1) is 23.3 Å². The molecular weight excluding hydrogens is 281 g/mol. The van der Waals surface area contributed by atoms with Crippen LogP contribution < -0.4 is 4.90 Å². The molecule has 0 saturated carbocycles. The Balaban J connectivity index is 2.34. The van der Waals surface area contributed by atoms with E-state index in [4.69, 9.17) is 5.26 Å². The lowest BCUT2D eigenvalue weighted by molar-refractivity contribution is -0.137. The lowest BCUT2D eigenvalue weighted by atomic mass is 10.0. The van der Waals surface area contributed by atoms with E-state index in [2.05, 4.69) is 0 Å². The molecule has 1 saturated heterocycles. The van der Waals surface area contributed by atoms with E-state index in [9.17, 15) is 18.3 Å². The van der Waals surface area contributed by atoms with Gasteiger partial charge in [0.1, 0.15) is 0 Å². The molecule has 1 aliphatic rings. The minimum absolute atomic E-state index is 0.0408. The number of benzene rings is 1. The van der Waals surface area contributed by atoms with E-state index in [0.29, 0.717) is 18.7 Å². The summed E-state index contributed by atoms with van der Waals surface area (Å²) in [4.78, 5) is 1.89. The van der Waals surface area contributed by atoms with E-state index in [-0.39, 0.29) is 11.6 Å². The van der Waals surface area contributed by atoms with Crippen molar-refractivity contribution in [1.82, 2.24) is 0 Å². The van der Waals surface area contributed by atoms with Gasteiger partial charge in [-0.25, -0.2) is 0 Å². The van der Waals surface area contributed by atoms with Crippen LogP contribution in [0.4, 0.5) is 18.9 Å². The van der Waals surface area contributed by atoms with Crippen LogP contribution in [-0.2, 0) is 6.18 Å². The van der Waals surface area contributed by atoms with E-state index in [1.807, 2.05) is 4.90 Å². The van der Waals surface area contributed by atoms with Crippen LogP contribution in [0.5, 0.6) is 0 Å². The normalized spacial score (nSPS) is 20.4. The second kappa shape index (κ2) is 5.94. The highest BCUT2D eigenvalue weighted by Crippen LogP contribution is 2.36. The minimum Gasteiger partial charge on any atom is -0.393 e. The topological polar surface area (TPSA) is 47.3 Å². The second-order valence-corrected chi connectivity index (χ2v) is 5.41. The molecule has 1 N–H and O–H groups in total. The first-order valence-electron chi connectivity index (χ1n) is 6.89. The lowest BCUT2D eigenvalue weighted by Gasteiger charge is -2.28.